The van der Waals surface area contributed by atoms with Crippen molar-refractivity contribution in [2.24, 2.45) is 0 Å². The summed E-state index contributed by atoms with van der Waals surface area (Å²) in [5, 5.41) is 9.91. The van der Waals surface area contributed by atoms with Crippen LogP contribution in [0.2, 0.25) is 0 Å². The second-order valence-electron chi connectivity index (χ2n) is 5.15. The van der Waals surface area contributed by atoms with Gasteiger partial charge in [0.25, 0.3) is 0 Å². The smallest absolute Gasteiger partial charge is 0.387 e. The SMILES string of the molecule is CC(C)c1ccc(C(O)CN(C)CC(F)(F)F)cc1. The van der Waals surface area contributed by atoms with Crippen LogP contribution in [0.15, 0.2) is 24.3 Å². The van der Waals surface area contributed by atoms with Crippen LogP contribution in [0.1, 0.15) is 37.0 Å². The molecular formula is C14H20F3NO. The van der Waals surface area contributed by atoms with Crippen molar-refractivity contribution < 1.29 is 18.3 Å². The third-order valence-electron chi connectivity index (χ3n) is 2.92. The molecular weight excluding hydrogens is 255 g/mol. The van der Waals surface area contributed by atoms with Gasteiger partial charge in [-0.05, 0) is 24.1 Å². The fourth-order valence-electron chi connectivity index (χ4n) is 1.87. The van der Waals surface area contributed by atoms with Crippen LogP contribution in [0.4, 0.5) is 13.2 Å². The summed E-state index contributed by atoms with van der Waals surface area (Å²) in [4.78, 5) is 1.07. The molecule has 1 unspecified atom stereocenters. The minimum absolute atomic E-state index is 0.0411. The van der Waals surface area contributed by atoms with Gasteiger partial charge in [0.2, 0.25) is 0 Å². The molecule has 0 heterocycles. The summed E-state index contributed by atoms with van der Waals surface area (Å²) < 4.78 is 36.5. The van der Waals surface area contributed by atoms with Crippen LogP contribution in [0, 0.1) is 0 Å². The molecule has 0 amide bonds. The average molecular weight is 275 g/mol. The Kier molecular flexibility index (Phi) is 5.38. The van der Waals surface area contributed by atoms with Crippen molar-refractivity contribution in [3.05, 3.63) is 35.4 Å². The first kappa shape index (κ1) is 16.0. The van der Waals surface area contributed by atoms with Crippen molar-refractivity contribution in [2.75, 3.05) is 20.1 Å². The number of hydrogen-bond donors (Lipinski definition) is 1. The Morgan fingerprint density at radius 1 is 1.11 bits per heavy atom. The van der Waals surface area contributed by atoms with Crippen molar-refractivity contribution in [1.29, 1.82) is 0 Å². The normalized spacial score (nSPS) is 14.2. The first-order chi connectivity index (χ1) is 8.69. The Labute approximate surface area is 111 Å². The summed E-state index contributed by atoms with van der Waals surface area (Å²) in [5.74, 6) is 0.388. The van der Waals surface area contributed by atoms with E-state index in [-0.39, 0.29) is 6.54 Å². The lowest BCUT2D eigenvalue weighted by atomic mass is 10.00. The van der Waals surface area contributed by atoms with E-state index >= 15 is 0 Å². The van der Waals surface area contributed by atoms with Crippen molar-refractivity contribution >= 4 is 0 Å². The lowest BCUT2D eigenvalue weighted by molar-refractivity contribution is -0.145. The van der Waals surface area contributed by atoms with E-state index in [4.69, 9.17) is 0 Å². The molecule has 1 N–H and O–H groups in total. The van der Waals surface area contributed by atoms with E-state index in [0.717, 1.165) is 10.5 Å². The summed E-state index contributed by atoms with van der Waals surface area (Å²) in [6.45, 7) is 3.06. The molecule has 2 nitrogen and oxygen atoms in total. The number of halogens is 3. The lowest BCUT2D eigenvalue weighted by Gasteiger charge is -2.22. The summed E-state index contributed by atoms with van der Waals surface area (Å²) in [6.07, 6.45) is -5.15. The maximum atomic E-state index is 12.2. The number of rotatable bonds is 5. The molecule has 0 spiro atoms. The fraction of sp³-hybridized carbons (Fsp3) is 0.571. The van der Waals surface area contributed by atoms with Gasteiger partial charge in [0, 0.05) is 6.54 Å². The third kappa shape index (κ3) is 5.61. The first-order valence-electron chi connectivity index (χ1n) is 6.22. The molecule has 0 aliphatic heterocycles. The summed E-state index contributed by atoms with van der Waals surface area (Å²) in [5.41, 5.74) is 1.78. The minimum atomic E-state index is -4.24. The van der Waals surface area contributed by atoms with E-state index in [2.05, 4.69) is 13.8 Å². The van der Waals surface area contributed by atoms with E-state index in [1.165, 1.54) is 7.05 Å². The van der Waals surface area contributed by atoms with Gasteiger partial charge in [0.1, 0.15) is 0 Å². The fourth-order valence-corrected chi connectivity index (χ4v) is 1.87. The van der Waals surface area contributed by atoms with Crippen LogP contribution >= 0.6 is 0 Å². The predicted octanol–water partition coefficient (Wildman–Crippen LogP) is 3.34. The molecule has 1 atom stereocenters. The predicted molar refractivity (Wildman–Crippen MR) is 69.0 cm³/mol. The zero-order valence-corrected chi connectivity index (χ0v) is 11.4. The van der Waals surface area contributed by atoms with Crippen molar-refractivity contribution in [1.82, 2.24) is 4.90 Å². The molecule has 1 aromatic carbocycles. The zero-order valence-electron chi connectivity index (χ0n) is 11.4. The monoisotopic (exact) mass is 275 g/mol. The van der Waals surface area contributed by atoms with Crippen LogP contribution in [0.3, 0.4) is 0 Å². The molecule has 0 fully saturated rings. The van der Waals surface area contributed by atoms with Crippen LogP contribution in [0.5, 0.6) is 0 Å². The standard InChI is InChI=1S/C14H20F3NO/c1-10(2)11-4-6-12(7-5-11)13(19)8-18(3)9-14(15,16)17/h4-7,10,13,19H,8-9H2,1-3H3. The van der Waals surface area contributed by atoms with Gasteiger partial charge in [-0.2, -0.15) is 13.2 Å². The van der Waals surface area contributed by atoms with Crippen LogP contribution < -0.4 is 0 Å². The highest BCUT2D eigenvalue weighted by molar-refractivity contribution is 5.26. The molecule has 0 aromatic heterocycles. The summed E-state index contributed by atoms with van der Waals surface area (Å²) in [7, 11) is 1.35. The highest BCUT2D eigenvalue weighted by atomic mass is 19.4. The van der Waals surface area contributed by atoms with E-state index < -0.39 is 18.8 Å². The molecule has 5 heteroatoms. The largest absolute Gasteiger partial charge is 0.401 e. The van der Waals surface area contributed by atoms with Crippen molar-refractivity contribution in [3.63, 3.8) is 0 Å². The molecule has 0 bridgehead atoms. The van der Waals surface area contributed by atoms with Crippen LogP contribution in [0.25, 0.3) is 0 Å². The molecule has 0 radical (unpaired) electrons. The zero-order chi connectivity index (χ0) is 14.6. The Bertz CT molecular complexity index is 387. The number of nitrogens with zero attached hydrogens (tertiary/aromatic N) is 1. The van der Waals surface area contributed by atoms with Crippen molar-refractivity contribution in [3.8, 4) is 0 Å². The third-order valence-corrected chi connectivity index (χ3v) is 2.92. The number of aliphatic hydroxyl groups excluding tert-OH is 1. The van der Waals surface area contributed by atoms with Crippen molar-refractivity contribution in [2.45, 2.75) is 32.0 Å². The van der Waals surface area contributed by atoms with Gasteiger partial charge < -0.3 is 5.11 Å². The molecule has 0 saturated heterocycles. The Hall–Kier alpha value is -1.07. The van der Waals surface area contributed by atoms with Crippen LogP contribution in [-0.4, -0.2) is 36.3 Å². The van der Waals surface area contributed by atoms with Gasteiger partial charge in [0.15, 0.2) is 0 Å². The second kappa shape index (κ2) is 6.39. The van der Waals surface area contributed by atoms with Gasteiger partial charge in [-0.1, -0.05) is 38.1 Å². The van der Waals surface area contributed by atoms with E-state index in [0.29, 0.717) is 11.5 Å². The number of aliphatic hydroxyl groups is 1. The molecule has 0 aliphatic carbocycles. The molecule has 1 rings (SSSR count). The van der Waals surface area contributed by atoms with Crippen LogP contribution in [-0.2, 0) is 0 Å². The van der Waals surface area contributed by atoms with Gasteiger partial charge in [-0.25, -0.2) is 0 Å². The molecule has 0 saturated carbocycles. The minimum Gasteiger partial charge on any atom is -0.387 e. The maximum Gasteiger partial charge on any atom is 0.401 e. The van der Waals surface area contributed by atoms with Gasteiger partial charge in [-0.15, -0.1) is 0 Å². The lowest BCUT2D eigenvalue weighted by Crippen LogP contribution is -2.34. The number of alkyl halides is 3. The maximum absolute atomic E-state index is 12.2. The first-order valence-corrected chi connectivity index (χ1v) is 6.22. The average Bonchev–Trinajstić information content (AvgIpc) is 2.26. The topological polar surface area (TPSA) is 23.5 Å². The molecule has 0 aliphatic rings. The highest BCUT2D eigenvalue weighted by Crippen LogP contribution is 2.21. The molecule has 108 valence electrons. The van der Waals surface area contributed by atoms with E-state index in [1.54, 1.807) is 12.1 Å². The van der Waals surface area contributed by atoms with Gasteiger partial charge in [0.05, 0.1) is 12.6 Å². The molecule has 1 aromatic rings. The summed E-state index contributed by atoms with van der Waals surface area (Å²) >= 11 is 0. The highest BCUT2D eigenvalue weighted by Gasteiger charge is 2.29. The van der Waals surface area contributed by atoms with Gasteiger partial charge in [-0.3, -0.25) is 4.90 Å². The second-order valence-corrected chi connectivity index (χ2v) is 5.15. The van der Waals surface area contributed by atoms with E-state index in [9.17, 15) is 18.3 Å². The Balaban J connectivity index is 2.60. The number of likely N-dealkylation sites (N-methyl/N-ethyl adjacent to an activating group) is 1. The molecule has 19 heavy (non-hydrogen) atoms. The quantitative estimate of drug-likeness (QED) is 0.891. The van der Waals surface area contributed by atoms with Gasteiger partial charge >= 0.3 is 6.18 Å². The number of hydrogen-bond acceptors (Lipinski definition) is 2. The Morgan fingerprint density at radius 3 is 2.00 bits per heavy atom. The van der Waals surface area contributed by atoms with E-state index in [1.807, 2.05) is 12.1 Å². The summed E-state index contributed by atoms with van der Waals surface area (Å²) in [6, 6.07) is 7.32. The number of benzene rings is 1. The Morgan fingerprint density at radius 2 is 1.58 bits per heavy atom.